The summed E-state index contributed by atoms with van der Waals surface area (Å²) in [5.41, 5.74) is 0. The van der Waals surface area contributed by atoms with Gasteiger partial charge >= 0.3 is 0 Å². The molecule has 7 nitrogen and oxygen atoms in total. The fourth-order valence-corrected chi connectivity index (χ4v) is 9.03. The molecule has 204 valence electrons. The summed E-state index contributed by atoms with van der Waals surface area (Å²) in [6.45, 7) is 3.41. The van der Waals surface area contributed by atoms with Crippen LogP contribution in [0.5, 0.6) is 0 Å². The number of nitrogens with two attached hydrogens (primary N) is 1. The molecule has 8 heteroatoms. The number of ether oxygens (including phenoxy) is 4. The average Bonchev–Trinajstić information content (AvgIpc) is 2.87. The minimum Gasteiger partial charge on any atom is -1.00 e. The second-order valence-electron chi connectivity index (χ2n) is 12.3. The summed E-state index contributed by atoms with van der Waals surface area (Å²) in [7, 11) is 7.40. The third kappa shape index (κ3) is 5.44. The predicted octanol–water partition coefficient (Wildman–Crippen LogP) is -0.272. The van der Waals surface area contributed by atoms with Crippen molar-refractivity contribution in [1.29, 1.82) is 0 Å². The van der Waals surface area contributed by atoms with Crippen molar-refractivity contribution in [2.24, 2.45) is 35.4 Å². The Bertz CT molecular complexity index is 689. The maximum absolute atomic E-state index is 7.11. The molecule has 5 rings (SSSR count). The van der Waals surface area contributed by atoms with Crippen molar-refractivity contribution in [2.75, 3.05) is 48.1 Å². The number of hydrogen-bond acceptors (Lipinski definition) is 6. The minimum absolute atomic E-state index is 0. The van der Waals surface area contributed by atoms with E-state index in [4.69, 9.17) is 24.8 Å². The van der Waals surface area contributed by atoms with Crippen molar-refractivity contribution in [3.05, 3.63) is 0 Å². The lowest BCUT2D eigenvalue weighted by atomic mass is 9.64. The van der Waals surface area contributed by atoms with Gasteiger partial charge in [0.05, 0.1) is 37.5 Å². The smallest absolute Gasteiger partial charge is 0.110 e. The number of nitrogens with one attached hydrogen (secondary N) is 1. The standard InChI is InChI=1S/C27H50N3O4.ClH/c1-31-24-13-18-5-8-29-22(20(18)15-26(24)33-3)11-17-6-9-30(28)10-7-19-14-25(32-2)27(34-4)16-21(19)23(30)12-17;/h17-27,29H,5-16,28H2,1-4H3;1H/q+1;/p-1. The number of piperidine rings is 3. The molecule has 0 bridgehead atoms. The maximum Gasteiger partial charge on any atom is 0.110 e. The lowest BCUT2D eigenvalue weighted by Crippen LogP contribution is -3.00. The van der Waals surface area contributed by atoms with Crippen LogP contribution in [0.4, 0.5) is 0 Å². The molecule has 2 saturated carbocycles. The summed E-state index contributed by atoms with van der Waals surface area (Å²) in [6.07, 6.45) is 11.8. The van der Waals surface area contributed by atoms with Crippen LogP contribution in [0.15, 0.2) is 0 Å². The number of hydrogen-bond donors (Lipinski definition) is 2. The van der Waals surface area contributed by atoms with Crippen LogP contribution in [0, 0.1) is 29.6 Å². The van der Waals surface area contributed by atoms with Gasteiger partial charge in [0.25, 0.3) is 0 Å². The summed E-state index contributed by atoms with van der Waals surface area (Å²) in [4.78, 5) is 0. The first-order valence-corrected chi connectivity index (χ1v) is 14.0. The van der Waals surface area contributed by atoms with E-state index in [0.29, 0.717) is 23.9 Å². The van der Waals surface area contributed by atoms with Gasteiger partial charge in [-0.15, -0.1) is 0 Å². The highest BCUT2D eigenvalue weighted by molar-refractivity contribution is 4.98. The molecule has 0 spiro atoms. The fourth-order valence-electron chi connectivity index (χ4n) is 9.03. The van der Waals surface area contributed by atoms with Crippen molar-refractivity contribution in [2.45, 2.75) is 94.3 Å². The molecule has 0 aromatic heterocycles. The Morgan fingerprint density at radius 2 is 1.26 bits per heavy atom. The summed E-state index contributed by atoms with van der Waals surface area (Å²) in [5.74, 6) is 10.7. The van der Waals surface area contributed by atoms with Crippen molar-refractivity contribution in [1.82, 2.24) is 5.32 Å². The largest absolute Gasteiger partial charge is 1.00 e. The molecule has 2 aliphatic carbocycles. The van der Waals surface area contributed by atoms with Crippen LogP contribution >= 0.6 is 0 Å². The third-order valence-corrected chi connectivity index (χ3v) is 11.0. The van der Waals surface area contributed by atoms with Crippen LogP contribution in [0.3, 0.4) is 0 Å². The third-order valence-electron chi connectivity index (χ3n) is 11.0. The molecular weight excluding hydrogens is 466 g/mol. The summed E-state index contributed by atoms with van der Waals surface area (Å²) in [5, 5.41) is 3.94. The first-order valence-electron chi connectivity index (χ1n) is 14.0. The van der Waals surface area contributed by atoms with E-state index in [2.05, 4.69) is 5.32 Å². The predicted molar refractivity (Wildman–Crippen MR) is 132 cm³/mol. The molecule has 3 saturated heterocycles. The number of nitrogens with zero attached hydrogens (tertiary/aromatic N) is 1. The van der Waals surface area contributed by atoms with Crippen LogP contribution in [0.1, 0.15) is 57.8 Å². The summed E-state index contributed by atoms with van der Waals surface area (Å²) >= 11 is 0. The highest BCUT2D eigenvalue weighted by Crippen LogP contribution is 2.48. The minimum atomic E-state index is 0. The molecule has 0 aromatic carbocycles. The molecule has 3 heterocycles. The van der Waals surface area contributed by atoms with E-state index in [1.807, 2.05) is 28.4 Å². The number of rotatable bonds is 6. The Morgan fingerprint density at radius 3 is 1.89 bits per heavy atom. The van der Waals surface area contributed by atoms with Gasteiger partial charge in [-0.3, -0.25) is 0 Å². The van der Waals surface area contributed by atoms with Gasteiger partial charge in [-0.2, -0.15) is 5.84 Å². The SMILES string of the molecule is COC1CC2CCNC(CC3CC[N+]4(N)CCC5CC(OC)C(OC)CC5C4C3)C2CC1OC.[Cl-]. The monoisotopic (exact) mass is 515 g/mol. The fraction of sp³-hybridized carbons (Fsp3) is 1.00. The summed E-state index contributed by atoms with van der Waals surface area (Å²) in [6, 6.07) is 1.18. The zero-order chi connectivity index (χ0) is 23.9. The first kappa shape index (κ1) is 28.0. The van der Waals surface area contributed by atoms with Crippen molar-refractivity contribution >= 4 is 0 Å². The topological polar surface area (TPSA) is 75.0 Å². The second kappa shape index (κ2) is 11.8. The van der Waals surface area contributed by atoms with Gasteiger partial charge in [-0.1, -0.05) is 0 Å². The van der Waals surface area contributed by atoms with Gasteiger partial charge in [0.15, 0.2) is 0 Å². The van der Waals surface area contributed by atoms with E-state index >= 15 is 0 Å². The van der Waals surface area contributed by atoms with Crippen molar-refractivity contribution in [3.8, 4) is 0 Å². The Labute approximate surface area is 219 Å². The highest BCUT2D eigenvalue weighted by atomic mass is 35.5. The lowest BCUT2D eigenvalue weighted by Gasteiger charge is -2.56. The molecule has 0 aromatic rings. The molecule has 5 fully saturated rings. The zero-order valence-electron chi connectivity index (χ0n) is 22.4. The molecule has 5 aliphatic rings. The van der Waals surface area contributed by atoms with Gasteiger partial charge in [0, 0.05) is 59.7 Å². The van der Waals surface area contributed by atoms with E-state index in [1.54, 1.807) is 0 Å². The van der Waals surface area contributed by atoms with E-state index in [-0.39, 0.29) is 36.8 Å². The van der Waals surface area contributed by atoms with Crippen LogP contribution in [-0.4, -0.2) is 89.2 Å². The maximum atomic E-state index is 7.11. The van der Waals surface area contributed by atoms with E-state index in [0.717, 1.165) is 67.7 Å². The zero-order valence-corrected chi connectivity index (χ0v) is 23.1. The number of halogens is 1. The second-order valence-corrected chi connectivity index (χ2v) is 12.3. The Kier molecular flexibility index (Phi) is 9.46. The van der Waals surface area contributed by atoms with Crippen LogP contribution in [0.25, 0.3) is 0 Å². The van der Waals surface area contributed by atoms with Gasteiger partial charge in [0.2, 0.25) is 0 Å². The number of quaternary nitrogens is 1. The quantitative estimate of drug-likeness (QED) is 0.375. The van der Waals surface area contributed by atoms with Crippen LogP contribution < -0.4 is 23.6 Å². The van der Waals surface area contributed by atoms with Crippen LogP contribution in [0.2, 0.25) is 0 Å². The van der Waals surface area contributed by atoms with Gasteiger partial charge < -0.3 is 36.7 Å². The lowest BCUT2D eigenvalue weighted by molar-refractivity contribution is -0.978. The Balaban J connectivity index is 0.00000289. The Hall–Kier alpha value is 0.01000. The van der Waals surface area contributed by atoms with E-state index in [1.165, 1.54) is 32.1 Å². The molecule has 35 heavy (non-hydrogen) atoms. The van der Waals surface area contributed by atoms with E-state index < -0.39 is 0 Å². The van der Waals surface area contributed by atoms with Gasteiger partial charge in [-0.25, -0.2) is 4.59 Å². The first-order chi connectivity index (χ1) is 16.5. The van der Waals surface area contributed by atoms with Crippen molar-refractivity contribution in [3.63, 3.8) is 0 Å². The van der Waals surface area contributed by atoms with Gasteiger partial charge in [0.1, 0.15) is 6.04 Å². The van der Waals surface area contributed by atoms with Crippen LogP contribution in [-0.2, 0) is 18.9 Å². The normalized spacial score (nSPS) is 49.8. The van der Waals surface area contributed by atoms with Crippen molar-refractivity contribution < 1.29 is 35.9 Å². The molecule has 3 aliphatic heterocycles. The number of methoxy groups -OCH3 is 4. The molecule has 12 atom stereocenters. The molecule has 12 unspecified atom stereocenters. The molecule has 0 amide bonds. The number of fused-ring (bicyclic) bond motifs is 4. The molecular formula is C27H50ClN3O4. The highest BCUT2D eigenvalue weighted by Gasteiger charge is 2.55. The van der Waals surface area contributed by atoms with E-state index in [9.17, 15) is 0 Å². The molecule has 0 radical (unpaired) electrons. The molecule has 3 N–H and O–H groups in total. The summed E-state index contributed by atoms with van der Waals surface area (Å²) < 4.78 is 24.2. The average molecular weight is 516 g/mol. The Morgan fingerprint density at radius 1 is 0.714 bits per heavy atom. The van der Waals surface area contributed by atoms with Gasteiger partial charge in [-0.05, 0) is 68.7 Å².